The van der Waals surface area contributed by atoms with Crippen molar-refractivity contribution in [2.45, 2.75) is 46.8 Å². The number of aromatic nitrogens is 2. The third-order valence-electron chi connectivity index (χ3n) is 3.76. The molecular formula is C18H27N5OS2. The summed E-state index contributed by atoms with van der Waals surface area (Å²) in [5.41, 5.74) is 3.20. The number of carbonyl (C=O) groups is 1. The van der Waals surface area contributed by atoms with E-state index in [-0.39, 0.29) is 18.0 Å². The first kappa shape index (κ1) is 20.5. The smallest absolute Gasteiger partial charge is 0.234 e. The highest BCUT2D eigenvalue weighted by atomic mass is 32.1. The molecule has 0 spiro atoms. The summed E-state index contributed by atoms with van der Waals surface area (Å²) >= 11 is 6.84. The Bertz CT molecular complexity index is 835. The van der Waals surface area contributed by atoms with Gasteiger partial charge in [0.05, 0.1) is 13.2 Å². The first-order valence-corrected chi connectivity index (χ1v) is 9.68. The van der Waals surface area contributed by atoms with Crippen LogP contribution in [0.2, 0.25) is 0 Å². The van der Waals surface area contributed by atoms with Crippen LogP contribution in [0.4, 0.5) is 10.8 Å². The number of nitrogens with zero attached hydrogens (tertiary/aromatic N) is 3. The van der Waals surface area contributed by atoms with E-state index in [1.165, 1.54) is 22.5 Å². The Morgan fingerprint density at radius 1 is 1.35 bits per heavy atom. The molecule has 8 heteroatoms. The predicted molar refractivity (Wildman–Crippen MR) is 111 cm³/mol. The largest absolute Gasteiger partial charge is 0.350 e. The van der Waals surface area contributed by atoms with Crippen LogP contribution in [-0.2, 0) is 11.5 Å². The molecule has 2 rings (SSSR count). The summed E-state index contributed by atoms with van der Waals surface area (Å²) in [5, 5.41) is 11.6. The van der Waals surface area contributed by atoms with Gasteiger partial charge in [-0.05, 0) is 71.1 Å². The minimum absolute atomic E-state index is 0.0181. The average molecular weight is 394 g/mol. The van der Waals surface area contributed by atoms with Crippen LogP contribution < -0.4 is 10.6 Å². The number of hydrogen-bond acceptors (Lipinski definition) is 6. The Hall–Kier alpha value is -1.77. The average Bonchev–Trinajstić information content (AvgIpc) is 2.81. The Morgan fingerprint density at radius 3 is 2.69 bits per heavy atom. The number of anilines is 2. The van der Waals surface area contributed by atoms with Crippen LogP contribution >= 0.6 is 23.6 Å². The van der Waals surface area contributed by atoms with Crippen LogP contribution in [0.1, 0.15) is 31.9 Å². The number of carbonyl (C=O) groups excluding carboxylic acids is 1. The maximum Gasteiger partial charge on any atom is 0.234 e. The molecule has 0 bridgehead atoms. The van der Waals surface area contributed by atoms with Crippen LogP contribution in [-0.4, -0.2) is 39.7 Å². The summed E-state index contributed by atoms with van der Waals surface area (Å²) in [5.74, 6) is -0.0181. The van der Waals surface area contributed by atoms with Gasteiger partial charge in [-0.1, -0.05) is 23.5 Å². The lowest BCUT2D eigenvalue weighted by Gasteiger charge is -2.23. The zero-order chi connectivity index (χ0) is 19.5. The molecule has 0 unspecified atom stereocenters. The molecule has 0 atom stereocenters. The van der Waals surface area contributed by atoms with E-state index >= 15 is 0 Å². The van der Waals surface area contributed by atoms with Crippen LogP contribution in [0.25, 0.3) is 0 Å². The summed E-state index contributed by atoms with van der Waals surface area (Å²) in [6, 6.07) is 6.13. The number of hydrogen-bond donors (Lipinski definition) is 2. The van der Waals surface area contributed by atoms with Gasteiger partial charge < -0.3 is 10.6 Å². The molecule has 0 radical (unpaired) electrons. The molecule has 1 heterocycles. The number of likely N-dealkylation sites (N-methyl/N-ethyl adjacent to an activating group) is 1. The lowest BCUT2D eigenvalue weighted by molar-refractivity contribution is -0.123. The van der Waals surface area contributed by atoms with Crippen molar-refractivity contribution in [3.8, 4) is 0 Å². The van der Waals surface area contributed by atoms with Crippen molar-refractivity contribution in [2.75, 3.05) is 18.9 Å². The van der Waals surface area contributed by atoms with Gasteiger partial charge in [0.2, 0.25) is 11.0 Å². The second kappa shape index (κ2) is 8.28. The van der Waals surface area contributed by atoms with Gasteiger partial charge in [-0.3, -0.25) is 9.69 Å². The molecule has 26 heavy (non-hydrogen) atoms. The third kappa shape index (κ3) is 5.89. The van der Waals surface area contributed by atoms with Crippen molar-refractivity contribution in [3.05, 3.63) is 33.3 Å². The molecule has 0 fully saturated rings. The number of aryl methyl sites for hydroxylation is 1. The molecule has 1 aromatic carbocycles. The Balaban J connectivity index is 2.02. The van der Waals surface area contributed by atoms with Gasteiger partial charge in [0.15, 0.2) is 3.95 Å². The first-order valence-electron chi connectivity index (χ1n) is 8.46. The number of benzene rings is 1. The van der Waals surface area contributed by atoms with Crippen molar-refractivity contribution in [1.82, 2.24) is 20.0 Å². The van der Waals surface area contributed by atoms with Gasteiger partial charge in [0, 0.05) is 11.2 Å². The van der Waals surface area contributed by atoms with Gasteiger partial charge in [0.1, 0.15) is 0 Å². The van der Waals surface area contributed by atoms with Gasteiger partial charge in [-0.2, -0.15) is 0 Å². The quantitative estimate of drug-likeness (QED) is 0.730. The maximum atomic E-state index is 12.0. The van der Waals surface area contributed by atoms with Crippen molar-refractivity contribution in [2.24, 2.45) is 0 Å². The van der Waals surface area contributed by atoms with Gasteiger partial charge >= 0.3 is 0 Å². The van der Waals surface area contributed by atoms with Crippen molar-refractivity contribution >= 4 is 40.3 Å². The molecule has 142 valence electrons. The second-order valence-corrected chi connectivity index (χ2v) is 9.12. The molecule has 1 aromatic heterocycles. The third-order valence-corrected chi connectivity index (χ3v) is 4.98. The van der Waals surface area contributed by atoms with Crippen LogP contribution in [0, 0.1) is 17.8 Å². The number of rotatable bonds is 6. The van der Waals surface area contributed by atoms with Crippen molar-refractivity contribution in [3.63, 3.8) is 0 Å². The molecule has 0 saturated heterocycles. The fourth-order valence-corrected chi connectivity index (χ4v) is 3.43. The van der Waals surface area contributed by atoms with E-state index < -0.39 is 0 Å². The highest BCUT2D eigenvalue weighted by molar-refractivity contribution is 7.73. The standard InChI is InChI=1S/C18H27N5OS2/c1-12-8-7-9-14(13(12)2)19-16-21-23(17(25)26-16)11-22(6)10-15(24)20-18(3,4)5/h7-9H,10-11H2,1-6H3,(H,19,21)(H,20,24). The lowest BCUT2D eigenvalue weighted by atomic mass is 10.1. The van der Waals surface area contributed by atoms with E-state index in [4.69, 9.17) is 12.2 Å². The summed E-state index contributed by atoms with van der Waals surface area (Å²) < 4.78 is 2.40. The van der Waals surface area contributed by atoms with Crippen molar-refractivity contribution < 1.29 is 4.79 Å². The molecule has 1 amide bonds. The van der Waals surface area contributed by atoms with E-state index in [2.05, 4.69) is 35.6 Å². The molecule has 0 aliphatic carbocycles. The van der Waals surface area contributed by atoms with E-state index in [0.717, 1.165) is 10.8 Å². The highest BCUT2D eigenvalue weighted by Gasteiger charge is 2.16. The summed E-state index contributed by atoms with van der Waals surface area (Å²) in [6.45, 7) is 10.8. The number of nitrogens with one attached hydrogen (secondary N) is 2. The molecule has 0 saturated carbocycles. The highest BCUT2D eigenvalue weighted by Crippen LogP contribution is 2.24. The molecule has 0 aliphatic rings. The number of amides is 1. The second-order valence-electron chi connectivity index (χ2n) is 7.50. The zero-order valence-corrected chi connectivity index (χ0v) is 17.8. The normalized spacial score (nSPS) is 11.7. The fourth-order valence-electron chi connectivity index (χ4n) is 2.43. The Kier molecular flexibility index (Phi) is 6.54. The van der Waals surface area contributed by atoms with Gasteiger partial charge in [0.25, 0.3) is 0 Å². The molecular weight excluding hydrogens is 366 g/mol. The topological polar surface area (TPSA) is 62.2 Å². The Labute approximate surface area is 164 Å². The molecule has 6 nitrogen and oxygen atoms in total. The lowest BCUT2D eigenvalue weighted by Crippen LogP contribution is -2.45. The monoisotopic (exact) mass is 393 g/mol. The van der Waals surface area contributed by atoms with E-state index in [1.54, 1.807) is 4.68 Å². The van der Waals surface area contributed by atoms with E-state index in [9.17, 15) is 4.79 Å². The summed E-state index contributed by atoms with van der Waals surface area (Å²) in [6.07, 6.45) is 0. The SMILES string of the molecule is Cc1cccc(Nc2nn(CN(C)CC(=O)NC(C)(C)C)c(=S)s2)c1C. The summed E-state index contributed by atoms with van der Waals surface area (Å²) in [4.78, 5) is 13.9. The predicted octanol–water partition coefficient (Wildman–Crippen LogP) is 3.84. The van der Waals surface area contributed by atoms with Crippen LogP contribution in [0.15, 0.2) is 18.2 Å². The molecule has 2 aromatic rings. The first-order chi connectivity index (χ1) is 12.0. The van der Waals surface area contributed by atoms with Crippen LogP contribution in [0.3, 0.4) is 0 Å². The van der Waals surface area contributed by atoms with Crippen molar-refractivity contribution in [1.29, 1.82) is 0 Å². The Morgan fingerprint density at radius 2 is 2.04 bits per heavy atom. The molecule has 2 N–H and O–H groups in total. The van der Waals surface area contributed by atoms with Crippen LogP contribution in [0.5, 0.6) is 0 Å². The minimum atomic E-state index is -0.238. The van der Waals surface area contributed by atoms with E-state index in [0.29, 0.717) is 10.6 Å². The van der Waals surface area contributed by atoms with E-state index in [1.807, 2.05) is 44.9 Å². The summed E-state index contributed by atoms with van der Waals surface area (Å²) in [7, 11) is 1.88. The minimum Gasteiger partial charge on any atom is -0.350 e. The van der Waals surface area contributed by atoms with Gasteiger partial charge in [-0.15, -0.1) is 5.10 Å². The fraction of sp³-hybridized carbons (Fsp3) is 0.500. The maximum absolute atomic E-state index is 12.0. The molecule has 0 aliphatic heterocycles. The van der Waals surface area contributed by atoms with Gasteiger partial charge in [-0.25, -0.2) is 4.68 Å². The zero-order valence-electron chi connectivity index (χ0n) is 16.2.